The van der Waals surface area contributed by atoms with E-state index >= 15 is 0 Å². The Morgan fingerprint density at radius 2 is 1.79 bits per heavy atom. The van der Waals surface area contributed by atoms with Gasteiger partial charge in [0.25, 0.3) is 0 Å². The van der Waals surface area contributed by atoms with Gasteiger partial charge in [-0.2, -0.15) is 4.98 Å². The molecule has 148 valence electrons. The van der Waals surface area contributed by atoms with Crippen molar-refractivity contribution in [3.63, 3.8) is 0 Å². The molecule has 2 aliphatic rings. The summed E-state index contributed by atoms with van der Waals surface area (Å²) in [7, 11) is 3.08. The third-order valence-electron chi connectivity index (χ3n) is 5.75. The Kier molecular flexibility index (Phi) is 5.59. The molecule has 2 fully saturated rings. The van der Waals surface area contributed by atoms with Gasteiger partial charge in [0.1, 0.15) is 0 Å². The number of carbonyl (C=O) groups excluding carboxylic acids is 1. The zero-order chi connectivity index (χ0) is 19.5. The van der Waals surface area contributed by atoms with Gasteiger partial charge in [-0.25, -0.2) is 0 Å². The predicted octanol–water partition coefficient (Wildman–Crippen LogP) is 2.96. The maximum Gasteiger partial charge on any atom is 0.227 e. The third-order valence-corrected chi connectivity index (χ3v) is 5.75. The molecule has 2 atom stereocenters. The first-order valence-electron chi connectivity index (χ1n) is 9.70. The molecule has 6 heteroatoms. The number of rotatable bonds is 6. The van der Waals surface area contributed by atoms with Gasteiger partial charge in [0.2, 0.25) is 11.8 Å². The zero-order valence-corrected chi connectivity index (χ0v) is 16.3. The second-order valence-corrected chi connectivity index (χ2v) is 7.45. The number of piperidine rings is 1. The molecule has 2 unspecified atom stereocenters. The standard InChI is InChI=1S/C22H26N2O4/c1-26-20-9-8-19(22(23-20)27-2)21(25)16-10-17-13-28-14-18(11-16)24(17)12-15-6-4-3-5-7-15/h3-9,16-18H,10-14H2,1-2H3. The number of hydrogen-bond donors (Lipinski definition) is 0. The summed E-state index contributed by atoms with van der Waals surface area (Å²) < 4.78 is 16.3. The van der Waals surface area contributed by atoms with Gasteiger partial charge < -0.3 is 14.2 Å². The number of pyridine rings is 1. The van der Waals surface area contributed by atoms with Gasteiger partial charge in [0, 0.05) is 30.6 Å². The average molecular weight is 382 g/mol. The number of aromatic nitrogens is 1. The topological polar surface area (TPSA) is 60.9 Å². The fraction of sp³-hybridized carbons (Fsp3) is 0.455. The van der Waals surface area contributed by atoms with Gasteiger partial charge in [-0.1, -0.05) is 30.3 Å². The summed E-state index contributed by atoms with van der Waals surface area (Å²) in [6, 6.07) is 14.5. The molecule has 0 N–H and O–H groups in total. The van der Waals surface area contributed by atoms with Crippen LogP contribution in [0.25, 0.3) is 0 Å². The van der Waals surface area contributed by atoms with E-state index < -0.39 is 0 Å². The minimum atomic E-state index is -0.0463. The van der Waals surface area contributed by atoms with Crippen LogP contribution in [0.5, 0.6) is 11.8 Å². The molecule has 4 rings (SSSR count). The van der Waals surface area contributed by atoms with E-state index in [0.29, 0.717) is 30.5 Å². The molecule has 1 aromatic carbocycles. The molecular weight excluding hydrogens is 356 g/mol. The molecule has 0 spiro atoms. The number of hydrogen-bond acceptors (Lipinski definition) is 6. The Morgan fingerprint density at radius 1 is 1.07 bits per heavy atom. The van der Waals surface area contributed by atoms with Crippen LogP contribution in [0.4, 0.5) is 0 Å². The average Bonchev–Trinajstić information content (AvgIpc) is 2.73. The Labute approximate surface area is 165 Å². The Balaban J connectivity index is 1.52. The fourth-order valence-electron chi connectivity index (χ4n) is 4.36. The van der Waals surface area contributed by atoms with Gasteiger partial charge >= 0.3 is 0 Å². The maximum atomic E-state index is 13.3. The second-order valence-electron chi connectivity index (χ2n) is 7.45. The van der Waals surface area contributed by atoms with Gasteiger partial charge in [-0.05, 0) is 24.5 Å². The SMILES string of the molecule is COc1ccc(C(=O)C2CC3COCC(C2)N3Cc2ccccc2)c(OC)n1. The minimum absolute atomic E-state index is 0.0463. The molecule has 0 aliphatic carbocycles. The van der Waals surface area contributed by atoms with E-state index in [1.807, 2.05) is 6.07 Å². The fourth-order valence-corrected chi connectivity index (χ4v) is 4.36. The van der Waals surface area contributed by atoms with E-state index in [2.05, 4.69) is 34.1 Å². The lowest BCUT2D eigenvalue weighted by Gasteiger charge is -2.48. The summed E-state index contributed by atoms with van der Waals surface area (Å²) >= 11 is 0. The quantitative estimate of drug-likeness (QED) is 0.716. The van der Waals surface area contributed by atoms with E-state index in [-0.39, 0.29) is 23.8 Å². The number of carbonyl (C=O) groups is 1. The lowest BCUT2D eigenvalue weighted by atomic mass is 9.80. The number of fused-ring (bicyclic) bond motifs is 2. The zero-order valence-electron chi connectivity index (χ0n) is 16.3. The van der Waals surface area contributed by atoms with E-state index in [0.717, 1.165) is 19.4 Å². The van der Waals surface area contributed by atoms with Crippen molar-refractivity contribution in [2.24, 2.45) is 5.92 Å². The number of benzene rings is 1. The van der Waals surface area contributed by atoms with Crippen molar-refractivity contribution in [2.75, 3.05) is 27.4 Å². The van der Waals surface area contributed by atoms with Gasteiger partial charge in [0.05, 0.1) is 33.0 Å². The largest absolute Gasteiger partial charge is 0.481 e. The maximum absolute atomic E-state index is 13.3. The molecule has 6 nitrogen and oxygen atoms in total. The molecule has 2 bridgehead atoms. The first-order valence-corrected chi connectivity index (χ1v) is 9.70. The van der Waals surface area contributed by atoms with Crippen LogP contribution in [0.2, 0.25) is 0 Å². The molecule has 3 heterocycles. The van der Waals surface area contributed by atoms with Crippen LogP contribution in [0.15, 0.2) is 42.5 Å². The molecule has 0 radical (unpaired) electrons. The van der Waals surface area contributed by atoms with Crippen LogP contribution in [-0.2, 0) is 11.3 Å². The minimum Gasteiger partial charge on any atom is -0.481 e. The lowest BCUT2D eigenvalue weighted by molar-refractivity contribution is -0.0873. The molecular formula is C22H26N2O4. The van der Waals surface area contributed by atoms with Crippen molar-refractivity contribution in [1.82, 2.24) is 9.88 Å². The molecule has 0 amide bonds. The second kappa shape index (κ2) is 8.29. The predicted molar refractivity (Wildman–Crippen MR) is 105 cm³/mol. The van der Waals surface area contributed by atoms with E-state index in [1.165, 1.54) is 12.7 Å². The van der Waals surface area contributed by atoms with E-state index in [9.17, 15) is 4.79 Å². The van der Waals surface area contributed by atoms with Crippen molar-refractivity contribution >= 4 is 5.78 Å². The first-order chi connectivity index (χ1) is 13.7. The van der Waals surface area contributed by atoms with Gasteiger partial charge in [-0.3, -0.25) is 9.69 Å². The highest BCUT2D eigenvalue weighted by Crippen LogP contribution is 2.36. The highest BCUT2D eigenvalue weighted by Gasteiger charge is 2.42. The van der Waals surface area contributed by atoms with Gasteiger partial charge in [0.15, 0.2) is 5.78 Å². The number of methoxy groups -OCH3 is 2. The van der Waals surface area contributed by atoms with Gasteiger partial charge in [-0.15, -0.1) is 0 Å². The summed E-state index contributed by atoms with van der Waals surface area (Å²) in [5, 5.41) is 0. The number of Topliss-reactive ketones (excluding diaryl/α,β-unsaturated/α-hetero) is 1. The summed E-state index contributed by atoms with van der Waals surface area (Å²) in [5.74, 6) is 0.826. The highest BCUT2D eigenvalue weighted by molar-refractivity contribution is 6.00. The first kappa shape index (κ1) is 18.9. The summed E-state index contributed by atoms with van der Waals surface area (Å²) in [5.41, 5.74) is 1.83. The van der Waals surface area contributed by atoms with Crippen molar-refractivity contribution in [3.8, 4) is 11.8 Å². The monoisotopic (exact) mass is 382 g/mol. The summed E-state index contributed by atoms with van der Waals surface area (Å²) in [4.78, 5) is 20.0. The van der Waals surface area contributed by atoms with Crippen LogP contribution in [0.3, 0.4) is 0 Å². The lowest BCUT2D eigenvalue weighted by Crippen LogP contribution is -2.57. The number of ketones is 1. The Hall–Kier alpha value is -2.44. The normalized spacial score (nSPS) is 24.6. The number of morpholine rings is 1. The van der Waals surface area contributed by atoms with Crippen LogP contribution in [0.1, 0.15) is 28.8 Å². The van der Waals surface area contributed by atoms with E-state index in [4.69, 9.17) is 14.2 Å². The summed E-state index contributed by atoms with van der Waals surface area (Å²) in [6.07, 6.45) is 1.58. The number of ether oxygens (including phenoxy) is 3. The molecule has 1 aromatic heterocycles. The molecule has 0 saturated carbocycles. The highest BCUT2D eigenvalue weighted by atomic mass is 16.5. The third kappa shape index (κ3) is 3.75. The van der Waals surface area contributed by atoms with Crippen molar-refractivity contribution in [3.05, 3.63) is 53.6 Å². The van der Waals surface area contributed by atoms with Crippen LogP contribution in [0, 0.1) is 5.92 Å². The van der Waals surface area contributed by atoms with Crippen LogP contribution < -0.4 is 9.47 Å². The summed E-state index contributed by atoms with van der Waals surface area (Å²) in [6.45, 7) is 2.24. The smallest absolute Gasteiger partial charge is 0.227 e. The van der Waals surface area contributed by atoms with Crippen molar-refractivity contribution in [2.45, 2.75) is 31.5 Å². The molecule has 2 saturated heterocycles. The molecule has 2 aliphatic heterocycles. The Morgan fingerprint density at radius 3 is 2.43 bits per heavy atom. The molecule has 28 heavy (non-hydrogen) atoms. The van der Waals surface area contributed by atoms with Crippen molar-refractivity contribution < 1.29 is 19.0 Å². The Bertz CT molecular complexity index is 813. The van der Waals surface area contributed by atoms with E-state index in [1.54, 1.807) is 19.2 Å². The number of nitrogens with zero attached hydrogens (tertiary/aromatic N) is 2. The van der Waals surface area contributed by atoms with Crippen LogP contribution >= 0.6 is 0 Å². The van der Waals surface area contributed by atoms with Crippen LogP contribution in [-0.4, -0.2) is 55.2 Å². The molecule has 2 aromatic rings. The van der Waals surface area contributed by atoms with Crippen molar-refractivity contribution in [1.29, 1.82) is 0 Å².